The zero-order valence-electron chi connectivity index (χ0n) is 11.4. The number of nitrogens with one attached hydrogen (secondary N) is 3. The molecule has 1 aromatic carbocycles. The summed E-state index contributed by atoms with van der Waals surface area (Å²) in [6.45, 7) is 2.79. The third-order valence-electron chi connectivity index (χ3n) is 3.41. The summed E-state index contributed by atoms with van der Waals surface area (Å²) in [4.78, 5) is 17.9. The number of imidazole rings is 1. The summed E-state index contributed by atoms with van der Waals surface area (Å²) in [5.74, 6) is 0. The molecule has 3 aromatic rings. The van der Waals surface area contributed by atoms with E-state index < -0.39 is 0 Å². The molecule has 106 valence electrons. The van der Waals surface area contributed by atoms with Crippen LogP contribution in [0.5, 0.6) is 0 Å². The first-order chi connectivity index (χ1) is 10.2. The molecule has 1 atom stereocenters. The second-order valence-corrected chi connectivity index (χ2v) is 5.90. The van der Waals surface area contributed by atoms with E-state index >= 15 is 0 Å². The molecule has 1 unspecified atom stereocenters. The number of fused-ring (bicyclic) bond motifs is 1. The standard InChI is InChI=1S/C15H14N4OS/c1-9(17-7-12-4-10(6-16)8-21-12)11-2-3-13-14(5-11)19-15(20)18-13/h2-5,8-9,17H,7H2,1H3,(H2,18,19,20). The zero-order valence-corrected chi connectivity index (χ0v) is 12.3. The SMILES string of the molecule is CC(NCc1cc(C#N)cs1)c1ccc2[nH]c(=O)[nH]c2c1. The molecule has 5 nitrogen and oxygen atoms in total. The first kappa shape index (κ1) is 13.6. The Hall–Kier alpha value is -2.36. The molecule has 0 spiro atoms. The maximum Gasteiger partial charge on any atom is 0.323 e. The lowest BCUT2D eigenvalue weighted by atomic mass is 10.1. The highest BCUT2D eigenvalue weighted by Gasteiger charge is 2.08. The van der Waals surface area contributed by atoms with Gasteiger partial charge in [0.25, 0.3) is 0 Å². The number of hydrogen-bond donors (Lipinski definition) is 3. The monoisotopic (exact) mass is 298 g/mol. The Bertz CT molecular complexity index is 868. The summed E-state index contributed by atoms with van der Waals surface area (Å²) < 4.78 is 0. The van der Waals surface area contributed by atoms with Crippen LogP contribution in [0.2, 0.25) is 0 Å². The van der Waals surface area contributed by atoms with E-state index in [0.717, 1.165) is 28.0 Å². The highest BCUT2D eigenvalue weighted by Crippen LogP contribution is 2.19. The van der Waals surface area contributed by atoms with E-state index in [-0.39, 0.29) is 11.7 Å². The molecule has 0 radical (unpaired) electrons. The van der Waals surface area contributed by atoms with Crippen molar-refractivity contribution in [2.45, 2.75) is 19.5 Å². The van der Waals surface area contributed by atoms with Crippen LogP contribution in [-0.2, 0) is 6.54 Å². The van der Waals surface area contributed by atoms with E-state index in [9.17, 15) is 4.79 Å². The van der Waals surface area contributed by atoms with Crippen LogP contribution in [0.1, 0.15) is 29.0 Å². The van der Waals surface area contributed by atoms with Gasteiger partial charge in [0.1, 0.15) is 6.07 Å². The molecular formula is C15H14N4OS. The number of nitrogens with zero attached hydrogens (tertiary/aromatic N) is 1. The van der Waals surface area contributed by atoms with E-state index in [2.05, 4.69) is 28.3 Å². The quantitative estimate of drug-likeness (QED) is 0.692. The lowest BCUT2D eigenvalue weighted by Gasteiger charge is -2.13. The maximum absolute atomic E-state index is 11.3. The molecule has 2 aromatic heterocycles. The van der Waals surface area contributed by atoms with Gasteiger partial charge in [-0.3, -0.25) is 0 Å². The van der Waals surface area contributed by atoms with Gasteiger partial charge in [0.05, 0.1) is 16.6 Å². The highest BCUT2D eigenvalue weighted by atomic mass is 32.1. The minimum Gasteiger partial charge on any atom is -0.306 e. The van der Waals surface area contributed by atoms with Gasteiger partial charge in [-0.05, 0) is 30.7 Å². The summed E-state index contributed by atoms with van der Waals surface area (Å²) in [5.41, 5.74) is 3.25. The van der Waals surface area contributed by atoms with E-state index in [1.807, 2.05) is 29.6 Å². The number of benzene rings is 1. The van der Waals surface area contributed by atoms with Crippen LogP contribution in [-0.4, -0.2) is 9.97 Å². The number of thiophene rings is 1. The van der Waals surface area contributed by atoms with Crippen LogP contribution in [0.4, 0.5) is 0 Å². The average Bonchev–Trinajstić information content (AvgIpc) is 3.08. The van der Waals surface area contributed by atoms with Crippen molar-refractivity contribution in [1.29, 1.82) is 5.26 Å². The van der Waals surface area contributed by atoms with Crippen LogP contribution in [0, 0.1) is 11.3 Å². The Kier molecular flexibility index (Phi) is 3.60. The predicted molar refractivity (Wildman–Crippen MR) is 83.2 cm³/mol. The molecule has 0 amide bonds. The van der Waals surface area contributed by atoms with Crippen LogP contribution in [0.3, 0.4) is 0 Å². The summed E-state index contributed by atoms with van der Waals surface area (Å²) in [5, 5.41) is 14.1. The van der Waals surface area contributed by atoms with Gasteiger partial charge < -0.3 is 15.3 Å². The number of H-pyrrole nitrogens is 2. The van der Waals surface area contributed by atoms with Crippen molar-refractivity contribution >= 4 is 22.4 Å². The highest BCUT2D eigenvalue weighted by molar-refractivity contribution is 7.10. The van der Waals surface area contributed by atoms with E-state index in [1.54, 1.807) is 11.3 Å². The fraction of sp³-hybridized carbons (Fsp3) is 0.200. The molecular weight excluding hydrogens is 284 g/mol. The molecule has 0 fully saturated rings. The minimum absolute atomic E-state index is 0.153. The normalized spacial score (nSPS) is 12.4. The third kappa shape index (κ3) is 2.89. The van der Waals surface area contributed by atoms with Gasteiger partial charge in [-0.2, -0.15) is 5.26 Å². The fourth-order valence-corrected chi connectivity index (χ4v) is 2.98. The third-order valence-corrected chi connectivity index (χ3v) is 4.34. The lowest BCUT2D eigenvalue weighted by Crippen LogP contribution is -2.17. The van der Waals surface area contributed by atoms with Crippen LogP contribution in [0.25, 0.3) is 11.0 Å². The summed E-state index contributed by atoms with van der Waals surface area (Å²) in [6.07, 6.45) is 0. The van der Waals surface area contributed by atoms with E-state index in [4.69, 9.17) is 5.26 Å². The second kappa shape index (κ2) is 5.56. The van der Waals surface area contributed by atoms with Crippen molar-refractivity contribution in [1.82, 2.24) is 15.3 Å². The minimum atomic E-state index is -0.189. The first-order valence-electron chi connectivity index (χ1n) is 6.58. The average molecular weight is 298 g/mol. The van der Waals surface area contributed by atoms with Crippen molar-refractivity contribution in [3.05, 3.63) is 56.1 Å². The Morgan fingerprint density at radius 1 is 1.33 bits per heavy atom. The molecule has 0 bridgehead atoms. The molecule has 3 N–H and O–H groups in total. The number of rotatable bonds is 4. The molecule has 0 saturated heterocycles. The molecule has 6 heteroatoms. The lowest BCUT2D eigenvalue weighted by molar-refractivity contribution is 0.579. The van der Waals surface area contributed by atoms with Crippen molar-refractivity contribution in [2.75, 3.05) is 0 Å². The van der Waals surface area contributed by atoms with Gasteiger partial charge in [0.15, 0.2) is 0 Å². The van der Waals surface area contributed by atoms with Crippen molar-refractivity contribution < 1.29 is 0 Å². The van der Waals surface area contributed by atoms with Crippen molar-refractivity contribution in [3.8, 4) is 6.07 Å². The van der Waals surface area contributed by atoms with Crippen LogP contribution < -0.4 is 11.0 Å². The molecule has 2 heterocycles. The van der Waals surface area contributed by atoms with Gasteiger partial charge in [-0.25, -0.2) is 4.79 Å². The Morgan fingerprint density at radius 2 is 2.14 bits per heavy atom. The molecule has 0 saturated carbocycles. The van der Waals surface area contributed by atoms with Gasteiger partial charge in [0.2, 0.25) is 0 Å². The number of nitriles is 1. The number of aromatic nitrogens is 2. The van der Waals surface area contributed by atoms with Gasteiger partial charge in [-0.15, -0.1) is 11.3 Å². The molecule has 3 rings (SSSR count). The topological polar surface area (TPSA) is 84.5 Å². The summed E-state index contributed by atoms with van der Waals surface area (Å²) in [6, 6.07) is 10.1. The number of hydrogen-bond acceptors (Lipinski definition) is 4. The fourth-order valence-electron chi connectivity index (χ4n) is 2.22. The molecule has 0 aliphatic heterocycles. The molecule has 21 heavy (non-hydrogen) atoms. The van der Waals surface area contributed by atoms with Crippen molar-refractivity contribution in [2.24, 2.45) is 0 Å². The summed E-state index contributed by atoms with van der Waals surface area (Å²) >= 11 is 1.58. The van der Waals surface area contributed by atoms with Gasteiger partial charge >= 0.3 is 5.69 Å². The second-order valence-electron chi connectivity index (χ2n) is 4.90. The van der Waals surface area contributed by atoms with Crippen LogP contribution >= 0.6 is 11.3 Å². The van der Waals surface area contributed by atoms with Gasteiger partial charge in [0, 0.05) is 22.8 Å². The maximum atomic E-state index is 11.3. The van der Waals surface area contributed by atoms with E-state index in [1.165, 1.54) is 0 Å². The first-order valence-corrected chi connectivity index (χ1v) is 7.46. The Morgan fingerprint density at radius 3 is 2.90 bits per heavy atom. The predicted octanol–water partition coefficient (Wildman–Crippen LogP) is 2.64. The number of aromatic amines is 2. The van der Waals surface area contributed by atoms with Gasteiger partial charge in [-0.1, -0.05) is 6.07 Å². The largest absolute Gasteiger partial charge is 0.323 e. The van der Waals surface area contributed by atoms with Crippen LogP contribution in [0.15, 0.2) is 34.4 Å². The Balaban J connectivity index is 1.72. The molecule has 0 aliphatic rings. The molecule has 0 aliphatic carbocycles. The smallest absolute Gasteiger partial charge is 0.306 e. The Labute approximate surface area is 125 Å². The summed E-state index contributed by atoms with van der Waals surface area (Å²) in [7, 11) is 0. The van der Waals surface area contributed by atoms with Crippen molar-refractivity contribution in [3.63, 3.8) is 0 Å². The van der Waals surface area contributed by atoms with E-state index in [0.29, 0.717) is 5.56 Å². The zero-order chi connectivity index (χ0) is 14.8.